The maximum Gasteiger partial charge on any atom is 0.434 e. The van der Waals surface area contributed by atoms with Crippen molar-refractivity contribution >= 4 is 0 Å². The van der Waals surface area contributed by atoms with Crippen LogP contribution >= 0.6 is 0 Å². The van der Waals surface area contributed by atoms with Crippen molar-refractivity contribution in [2.75, 3.05) is 6.61 Å². The van der Waals surface area contributed by atoms with E-state index in [0.717, 1.165) is 0 Å². The number of aliphatic hydroxyl groups excluding tert-OH is 2. The Morgan fingerprint density at radius 3 is 2.12 bits per heavy atom. The Bertz CT molecular complexity index is 470. The molecule has 1 aliphatic rings. The van der Waals surface area contributed by atoms with Crippen molar-refractivity contribution < 1.29 is 28.1 Å². The summed E-state index contributed by atoms with van der Waals surface area (Å²) in [7, 11) is 0. The first-order valence-electron chi connectivity index (χ1n) is 7.94. The Kier molecular flexibility index (Phi) is 10.0. The minimum Gasteiger partial charge on any atom is -0.390 e. The predicted molar refractivity (Wildman–Crippen MR) is 84.3 cm³/mol. The summed E-state index contributed by atoms with van der Waals surface area (Å²) in [6, 6.07) is 0. The number of halogens is 3. The maximum atomic E-state index is 11.9. The normalized spacial score (nSPS) is 23.7. The molecule has 2 heterocycles. The van der Waals surface area contributed by atoms with Crippen LogP contribution in [0.25, 0.3) is 0 Å². The van der Waals surface area contributed by atoms with Gasteiger partial charge in [0.05, 0.1) is 30.7 Å². The summed E-state index contributed by atoms with van der Waals surface area (Å²) in [5.41, 5.74) is -0.683. The molecular weight excluding hydrogens is 325 g/mol. The van der Waals surface area contributed by atoms with Gasteiger partial charge in [-0.05, 0) is 12.8 Å². The molecule has 2 N–H and O–H groups in total. The van der Waals surface area contributed by atoms with Gasteiger partial charge in [0.2, 0.25) is 0 Å². The Morgan fingerprint density at radius 1 is 1.17 bits per heavy atom. The number of hydrogen-bond donors (Lipinski definition) is 2. The summed E-state index contributed by atoms with van der Waals surface area (Å²) in [5, 5.41) is 18.4. The van der Waals surface area contributed by atoms with E-state index in [2.05, 4.69) is 23.8 Å². The minimum atomic E-state index is -4.39. The van der Waals surface area contributed by atoms with Crippen molar-refractivity contribution in [3.05, 3.63) is 23.8 Å². The maximum absolute atomic E-state index is 11.9. The molecule has 0 amide bonds. The average molecular weight is 352 g/mol. The van der Waals surface area contributed by atoms with Crippen LogP contribution in [0.15, 0.2) is 12.4 Å². The van der Waals surface area contributed by atoms with E-state index in [1.807, 2.05) is 13.8 Å². The van der Waals surface area contributed by atoms with Crippen LogP contribution in [0.2, 0.25) is 0 Å². The molecule has 1 aliphatic heterocycles. The molecule has 1 saturated heterocycles. The highest BCUT2D eigenvalue weighted by Crippen LogP contribution is 2.26. The minimum absolute atomic E-state index is 0.105. The molecule has 5 nitrogen and oxygen atoms in total. The third kappa shape index (κ3) is 8.03. The van der Waals surface area contributed by atoms with Gasteiger partial charge in [-0.1, -0.05) is 27.7 Å². The lowest BCUT2D eigenvalue weighted by Crippen LogP contribution is -2.42. The van der Waals surface area contributed by atoms with E-state index in [1.54, 1.807) is 0 Å². The molecule has 0 bridgehead atoms. The lowest BCUT2D eigenvalue weighted by Gasteiger charge is -2.32. The Hall–Kier alpha value is -1.25. The van der Waals surface area contributed by atoms with Gasteiger partial charge < -0.3 is 14.9 Å². The predicted octanol–water partition coefficient (Wildman–Crippen LogP) is 2.98. The van der Waals surface area contributed by atoms with E-state index >= 15 is 0 Å². The monoisotopic (exact) mass is 352 g/mol. The first-order chi connectivity index (χ1) is 11.1. The van der Waals surface area contributed by atoms with Gasteiger partial charge >= 0.3 is 6.18 Å². The molecule has 2 rings (SSSR count). The van der Waals surface area contributed by atoms with E-state index < -0.39 is 24.1 Å². The lowest BCUT2D eigenvalue weighted by molar-refractivity contribution is -0.141. The van der Waals surface area contributed by atoms with E-state index in [9.17, 15) is 18.3 Å². The zero-order valence-corrected chi connectivity index (χ0v) is 14.7. The van der Waals surface area contributed by atoms with Crippen molar-refractivity contribution in [3.8, 4) is 0 Å². The van der Waals surface area contributed by atoms with Crippen molar-refractivity contribution in [1.82, 2.24) is 9.97 Å². The van der Waals surface area contributed by atoms with Gasteiger partial charge in [0.1, 0.15) is 6.10 Å². The van der Waals surface area contributed by atoms with Gasteiger partial charge in [-0.25, -0.2) is 4.98 Å². The molecule has 0 saturated carbocycles. The van der Waals surface area contributed by atoms with Crippen LogP contribution in [0.1, 0.15) is 45.5 Å². The number of nitrogens with zero attached hydrogens (tertiary/aromatic N) is 2. The smallest absolute Gasteiger partial charge is 0.390 e. The van der Waals surface area contributed by atoms with Gasteiger partial charge in [0, 0.05) is 12.6 Å². The Morgan fingerprint density at radius 2 is 1.75 bits per heavy atom. The molecule has 140 valence electrons. The van der Waals surface area contributed by atoms with Crippen molar-refractivity contribution in [2.24, 2.45) is 5.92 Å². The summed E-state index contributed by atoms with van der Waals surface area (Å²) < 4.78 is 40.9. The summed E-state index contributed by atoms with van der Waals surface area (Å²) in [4.78, 5) is 6.63. The quantitative estimate of drug-likeness (QED) is 0.813. The van der Waals surface area contributed by atoms with E-state index in [4.69, 9.17) is 9.84 Å². The fourth-order valence-corrected chi connectivity index (χ4v) is 1.86. The lowest BCUT2D eigenvalue weighted by atomic mass is 9.96. The van der Waals surface area contributed by atoms with E-state index in [-0.39, 0.29) is 18.4 Å². The largest absolute Gasteiger partial charge is 0.434 e. The molecule has 0 spiro atoms. The zero-order chi connectivity index (χ0) is 18.9. The number of hydrogen-bond acceptors (Lipinski definition) is 5. The van der Waals surface area contributed by atoms with Gasteiger partial charge in [0.25, 0.3) is 0 Å². The molecule has 3 atom stereocenters. The number of aromatic nitrogens is 2. The van der Waals surface area contributed by atoms with Gasteiger partial charge in [-0.3, -0.25) is 4.98 Å². The standard InChI is InChI=1S/C8H16O3.C6H5F3N2.C2H6/c1-5(2)8-3-6(9)7(10)4-11-8;1-4-2-10-3-5(11-4)6(7,8)9;1-2/h5-10H,3-4H2,1-2H3;2-3H,1H3;1-2H3. The van der Waals surface area contributed by atoms with Crippen molar-refractivity contribution in [1.29, 1.82) is 0 Å². The zero-order valence-electron chi connectivity index (χ0n) is 14.7. The van der Waals surface area contributed by atoms with Crippen LogP contribution in [0, 0.1) is 12.8 Å². The Balaban J connectivity index is 0.000000400. The third-order valence-electron chi connectivity index (χ3n) is 3.19. The summed E-state index contributed by atoms with van der Waals surface area (Å²) in [6.07, 6.45) is -3.05. The molecule has 1 aromatic rings. The fourth-order valence-electron chi connectivity index (χ4n) is 1.86. The molecule has 1 aromatic heterocycles. The van der Waals surface area contributed by atoms with Gasteiger partial charge in [-0.2, -0.15) is 13.2 Å². The second-order valence-electron chi connectivity index (χ2n) is 5.53. The number of alkyl halides is 3. The fraction of sp³-hybridized carbons (Fsp3) is 0.750. The van der Waals surface area contributed by atoms with E-state index in [0.29, 0.717) is 18.5 Å². The first-order valence-corrected chi connectivity index (χ1v) is 7.94. The summed E-state index contributed by atoms with van der Waals surface area (Å²) in [5.74, 6) is 0.414. The number of rotatable bonds is 1. The Labute approximate surface area is 140 Å². The molecule has 24 heavy (non-hydrogen) atoms. The van der Waals surface area contributed by atoms with Crippen LogP contribution in [-0.4, -0.2) is 45.1 Å². The molecule has 1 fully saturated rings. The van der Waals surface area contributed by atoms with Gasteiger partial charge in [-0.15, -0.1) is 0 Å². The molecule has 8 heteroatoms. The molecule has 0 aliphatic carbocycles. The van der Waals surface area contributed by atoms with Crippen LogP contribution in [0.5, 0.6) is 0 Å². The second-order valence-corrected chi connectivity index (χ2v) is 5.53. The number of aryl methyl sites for hydroxylation is 1. The van der Waals surface area contributed by atoms with Crippen LogP contribution < -0.4 is 0 Å². The first kappa shape index (κ1) is 22.8. The highest BCUT2D eigenvalue weighted by molar-refractivity contribution is 5.04. The topological polar surface area (TPSA) is 75.5 Å². The number of ether oxygens (including phenoxy) is 1. The van der Waals surface area contributed by atoms with Crippen molar-refractivity contribution in [3.63, 3.8) is 0 Å². The average Bonchev–Trinajstić information content (AvgIpc) is 2.51. The van der Waals surface area contributed by atoms with Gasteiger partial charge in [0.15, 0.2) is 5.69 Å². The highest BCUT2D eigenvalue weighted by Gasteiger charge is 2.32. The molecule has 0 radical (unpaired) electrons. The van der Waals surface area contributed by atoms with Crippen LogP contribution in [0.3, 0.4) is 0 Å². The molecule has 3 unspecified atom stereocenters. The second kappa shape index (κ2) is 10.6. The highest BCUT2D eigenvalue weighted by atomic mass is 19.4. The summed E-state index contributed by atoms with van der Waals surface area (Å²) >= 11 is 0. The number of aliphatic hydroxyl groups is 2. The van der Waals surface area contributed by atoms with Crippen LogP contribution in [-0.2, 0) is 10.9 Å². The molecule has 0 aromatic carbocycles. The SMILES string of the molecule is CC.CC(C)C1CC(O)C(O)CO1.Cc1cncc(C(F)(F)F)n1. The summed E-state index contributed by atoms with van der Waals surface area (Å²) in [6.45, 7) is 9.83. The third-order valence-corrected chi connectivity index (χ3v) is 3.19. The van der Waals surface area contributed by atoms with E-state index in [1.165, 1.54) is 13.1 Å². The van der Waals surface area contributed by atoms with Crippen molar-refractivity contribution in [2.45, 2.75) is 65.5 Å². The van der Waals surface area contributed by atoms with Crippen LogP contribution in [0.4, 0.5) is 13.2 Å². The molecular formula is C16H27F3N2O3.